The van der Waals surface area contributed by atoms with Gasteiger partial charge in [-0.2, -0.15) is 0 Å². The Morgan fingerprint density at radius 2 is 2.17 bits per heavy atom. The monoisotopic (exact) mass is 398 g/mol. The van der Waals surface area contributed by atoms with Crippen LogP contribution in [0.3, 0.4) is 0 Å². The molecule has 1 aromatic rings. The van der Waals surface area contributed by atoms with Crippen LogP contribution in [0.25, 0.3) is 0 Å². The Kier molecular flexibility index (Phi) is 6.90. The van der Waals surface area contributed by atoms with Gasteiger partial charge in [-0.05, 0) is 44.4 Å². The minimum Gasteiger partial charge on any atom is -0.494 e. The number of carboxylic acid groups (broad SMARTS) is 1. The largest absolute Gasteiger partial charge is 0.494 e. The van der Waals surface area contributed by atoms with Gasteiger partial charge in [0.2, 0.25) is 0 Å². The highest BCUT2D eigenvalue weighted by molar-refractivity contribution is 9.10. The number of rotatable bonds is 9. The molecule has 0 heterocycles. The molecule has 0 aliphatic heterocycles. The summed E-state index contributed by atoms with van der Waals surface area (Å²) in [6, 6.07) is 5.89. The number of hydrogen-bond donors (Lipinski definition) is 2. The van der Waals surface area contributed by atoms with Crippen molar-refractivity contribution in [2.75, 3.05) is 13.2 Å². The van der Waals surface area contributed by atoms with Crippen molar-refractivity contribution in [3.05, 3.63) is 28.2 Å². The summed E-state index contributed by atoms with van der Waals surface area (Å²) in [6.45, 7) is 3.34. The van der Waals surface area contributed by atoms with Crippen LogP contribution < -0.4 is 10.1 Å². The average Bonchev–Trinajstić information content (AvgIpc) is 3.36. The Morgan fingerprint density at radius 1 is 1.42 bits per heavy atom. The van der Waals surface area contributed by atoms with Crippen LogP contribution in [0, 0.1) is 0 Å². The van der Waals surface area contributed by atoms with E-state index in [2.05, 4.69) is 21.2 Å². The van der Waals surface area contributed by atoms with Crippen LogP contribution in [-0.2, 0) is 11.3 Å². The molecule has 24 heavy (non-hydrogen) atoms. The SMILES string of the molecule is CCOc1ccc(Br)cc1CN(C(=O)NCCCC(=O)O)C1CC1. The van der Waals surface area contributed by atoms with Crippen molar-refractivity contribution in [2.45, 2.75) is 45.2 Å². The lowest BCUT2D eigenvalue weighted by atomic mass is 10.2. The van der Waals surface area contributed by atoms with E-state index in [1.54, 1.807) is 0 Å². The normalized spacial score (nSPS) is 13.4. The molecule has 2 amide bonds. The molecular weight excluding hydrogens is 376 g/mol. The summed E-state index contributed by atoms with van der Waals surface area (Å²) in [7, 11) is 0. The van der Waals surface area contributed by atoms with Gasteiger partial charge in [0.05, 0.1) is 13.2 Å². The molecule has 0 radical (unpaired) electrons. The van der Waals surface area contributed by atoms with Gasteiger partial charge < -0.3 is 20.1 Å². The van der Waals surface area contributed by atoms with E-state index in [9.17, 15) is 9.59 Å². The zero-order valence-electron chi connectivity index (χ0n) is 13.8. The number of nitrogens with zero attached hydrogens (tertiary/aromatic N) is 1. The summed E-state index contributed by atoms with van der Waals surface area (Å²) in [5.74, 6) is -0.0659. The Labute approximate surface area is 150 Å². The molecule has 0 spiro atoms. The molecule has 132 valence electrons. The third kappa shape index (κ3) is 5.70. The van der Waals surface area contributed by atoms with Gasteiger partial charge in [-0.3, -0.25) is 4.79 Å². The van der Waals surface area contributed by atoms with E-state index in [1.165, 1.54) is 0 Å². The summed E-state index contributed by atoms with van der Waals surface area (Å²) < 4.78 is 6.60. The molecule has 0 unspecified atom stereocenters. The number of carbonyl (C=O) groups excluding carboxylic acids is 1. The van der Waals surface area contributed by atoms with Crippen molar-refractivity contribution in [1.29, 1.82) is 0 Å². The molecule has 2 rings (SSSR count). The van der Waals surface area contributed by atoms with E-state index in [4.69, 9.17) is 9.84 Å². The van der Waals surface area contributed by atoms with Gasteiger partial charge in [-0.1, -0.05) is 15.9 Å². The highest BCUT2D eigenvalue weighted by Gasteiger charge is 2.33. The van der Waals surface area contributed by atoms with Crippen molar-refractivity contribution in [2.24, 2.45) is 0 Å². The number of carboxylic acids is 1. The number of carbonyl (C=O) groups is 2. The van der Waals surface area contributed by atoms with Crippen molar-refractivity contribution in [3.63, 3.8) is 0 Å². The van der Waals surface area contributed by atoms with E-state index >= 15 is 0 Å². The number of hydrogen-bond acceptors (Lipinski definition) is 3. The smallest absolute Gasteiger partial charge is 0.317 e. The Hall–Kier alpha value is -1.76. The van der Waals surface area contributed by atoms with Crippen LogP contribution in [0.4, 0.5) is 4.79 Å². The predicted octanol–water partition coefficient (Wildman–Crippen LogP) is 3.39. The quantitative estimate of drug-likeness (QED) is 0.624. The average molecular weight is 399 g/mol. The van der Waals surface area contributed by atoms with Gasteiger partial charge in [0.25, 0.3) is 0 Å². The van der Waals surface area contributed by atoms with E-state index in [0.717, 1.165) is 28.6 Å². The molecule has 2 N–H and O–H groups in total. The minimum absolute atomic E-state index is 0.0594. The first-order valence-electron chi connectivity index (χ1n) is 8.18. The van der Waals surface area contributed by atoms with Gasteiger partial charge in [-0.25, -0.2) is 4.79 Å². The number of nitrogens with one attached hydrogen (secondary N) is 1. The molecule has 6 nitrogen and oxygen atoms in total. The van der Waals surface area contributed by atoms with E-state index in [-0.39, 0.29) is 18.5 Å². The van der Waals surface area contributed by atoms with Gasteiger partial charge >= 0.3 is 12.0 Å². The van der Waals surface area contributed by atoms with Crippen LogP contribution in [0.15, 0.2) is 22.7 Å². The maximum Gasteiger partial charge on any atom is 0.317 e. The lowest BCUT2D eigenvalue weighted by molar-refractivity contribution is -0.137. The summed E-state index contributed by atoms with van der Waals surface area (Å²) in [5.41, 5.74) is 0.957. The summed E-state index contributed by atoms with van der Waals surface area (Å²) >= 11 is 3.46. The van der Waals surface area contributed by atoms with Crippen LogP contribution in [-0.4, -0.2) is 41.2 Å². The molecule has 1 aliphatic carbocycles. The third-order valence-electron chi connectivity index (χ3n) is 3.76. The van der Waals surface area contributed by atoms with Crippen molar-refractivity contribution in [1.82, 2.24) is 10.2 Å². The summed E-state index contributed by atoms with van der Waals surface area (Å²) in [6.07, 6.45) is 2.49. The zero-order chi connectivity index (χ0) is 17.5. The fourth-order valence-electron chi connectivity index (χ4n) is 2.44. The van der Waals surface area contributed by atoms with Crippen molar-refractivity contribution in [3.8, 4) is 5.75 Å². The lowest BCUT2D eigenvalue weighted by Gasteiger charge is -2.24. The number of benzene rings is 1. The molecule has 0 aromatic heterocycles. The zero-order valence-corrected chi connectivity index (χ0v) is 15.3. The molecule has 1 fully saturated rings. The Balaban J connectivity index is 1.99. The van der Waals surface area contributed by atoms with Crippen LogP contribution in [0.2, 0.25) is 0 Å². The molecule has 0 atom stereocenters. The van der Waals surface area contributed by atoms with Gasteiger partial charge in [-0.15, -0.1) is 0 Å². The van der Waals surface area contributed by atoms with Gasteiger partial charge in [0.1, 0.15) is 5.75 Å². The van der Waals surface area contributed by atoms with E-state index in [1.807, 2.05) is 30.0 Å². The maximum atomic E-state index is 12.4. The van der Waals surface area contributed by atoms with E-state index < -0.39 is 5.97 Å². The molecule has 1 saturated carbocycles. The molecule has 0 saturated heterocycles. The second kappa shape index (κ2) is 8.92. The van der Waals surface area contributed by atoms with Crippen LogP contribution in [0.5, 0.6) is 5.75 Å². The first-order valence-corrected chi connectivity index (χ1v) is 8.98. The lowest BCUT2D eigenvalue weighted by Crippen LogP contribution is -2.41. The number of ether oxygens (including phenoxy) is 1. The van der Waals surface area contributed by atoms with Crippen molar-refractivity contribution < 1.29 is 19.4 Å². The van der Waals surface area contributed by atoms with E-state index in [0.29, 0.717) is 26.1 Å². The number of amides is 2. The Bertz CT molecular complexity index is 590. The number of urea groups is 1. The highest BCUT2D eigenvalue weighted by atomic mass is 79.9. The number of aliphatic carboxylic acids is 1. The first kappa shape index (κ1) is 18.6. The third-order valence-corrected chi connectivity index (χ3v) is 4.25. The van der Waals surface area contributed by atoms with Crippen LogP contribution >= 0.6 is 15.9 Å². The second-order valence-electron chi connectivity index (χ2n) is 5.77. The molecule has 1 aromatic carbocycles. The Morgan fingerprint density at radius 3 is 2.79 bits per heavy atom. The second-order valence-corrected chi connectivity index (χ2v) is 6.69. The van der Waals surface area contributed by atoms with Gasteiger partial charge in [0, 0.05) is 29.0 Å². The standard InChI is InChI=1S/C17H23BrN2O4/c1-2-24-15-8-5-13(18)10-12(15)11-20(14-6-7-14)17(23)19-9-3-4-16(21)22/h5,8,10,14H,2-4,6-7,9,11H2,1H3,(H,19,23)(H,21,22). The highest BCUT2D eigenvalue weighted by Crippen LogP contribution is 2.31. The predicted molar refractivity (Wildman–Crippen MR) is 94.1 cm³/mol. The first-order chi connectivity index (χ1) is 11.5. The molecular formula is C17H23BrN2O4. The van der Waals surface area contributed by atoms with Gasteiger partial charge in [0.15, 0.2) is 0 Å². The fraction of sp³-hybridized carbons (Fsp3) is 0.529. The molecule has 0 bridgehead atoms. The number of halogens is 1. The molecule has 7 heteroatoms. The summed E-state index contributed by atoms with van der Waals surface area (Å²) in [5, 5.41) is 11.5. The van der Waals surface area contributed by atoms with Crippen LogP contribution in [0.1, 0.15) is 38.2 Å². The minimum atomic E-state index is -0.848. The maximum absolute atomic E-state index is 12.4. The topological polar surface area (TPSA) is 78.9 Å². The fourth-order valence-corrected chi connectivity index (χ4v) is 2.85. The molecule has 1 aliphatic rings. The summed E-state index contributed by atoms with van der Waals surface area (Å²) in [4.78, 5) is 24.8. The van der Waals surface area contributed by atoms with Crippen molar-refractivity contribution >= 4 is 27.9 Å².